The molecule has 0 saturated heterocycles. The van der Waals surface area contributed by atoms with Crippen molar-refractivity contribution in [1.29, 1.82) is 0 Å². The summed E-state index contributed by atoms with van der Waals surface area (Å²) >= 11 is 1.60. The van der Waals surface area contributed by atoms with Crippen molar-refractivity contribution in [2.75, 3.05) is 5.32 Å². The van der Waals surface area contributed by atoms with Crippen LogP contribution in [0.3, 0.4) is 0 Å². The molecular weight excluding hydrogens is 226 g/mol. The van der Waals surface area contributed by atoms with Crippen LogP contribution in [0.5, 0.6) is 0 Å². The lowest BCUT2D eigenvalue weighted by atomic mass is 10.4. The van der Waals surface area contributed by atoms with Crippen LogP contribution in [-0.4, -0.2) is 21.0 Å². The molecule has 0 fully saturated rings. The predicted molar refractivity (Wildman–Crippen MR) is 60.6 cm³/mol. The van der Waals surface area contributed by atoms with Crippen LogP contribution in [0.4, 0.5) is 5.82 Å². The van der Waals surface area contributed by atoms with Crippen LogP contribution in [0.1, 0.15) is 15.4 Å². The van der Waals surface area contributed by atoms with Gasteiger partial charge in [-0.1, -0.05) is 6.07 Å². The van der Waals surface area contributed by atoms with E-state index < -0.39 is 5.97 Å². The zero-order valence-electron chi connectivity index (χ0n) is 8.25. The monoisotopic (exact) mass is 235 g/mol. The van der Waals surface area contributed by atoms with Crippen molar-refractivity contribution in [1.82, 2.24) is 9.97 Å². The molecule has 0 bridgehead atoms. The summed E-state index contributed by atoms with van der Waals surface area (Å²) in [5, 5.41) is 13.8. The number of nitrogens with one attached hydrogen (secondary N) is 1. The van der Waals surface area contributed by atoms with Crippen LogP contribution in [0.15, 0.2) is 29.9 Å². The lowest BCUT2D eigenvalue weighted by molar-refractivity contribution is 0.0691. The van der Waals surface area contributed by atoms with Crippen LogP contribution < -0.4 is 5.32 Å². The summed E-state index contributed by atoms with van der Waals surface area (Å²) in [4.78, 5) is 19.7. The highest BCUT2D eigenvalue weighted by Gasteiger charge is 2.11. The molecule has 0 atom stereocenters. The van der Waals surface area contributed by atoms with Gasteiger partial charge in [0.2, 0.25) is 0 Å². The second kappa shape index (κ2) is 4.71. The number of aromatic nitrogens is 2. The van der Waals surface area contributed by atoms with E-state index in [1.54, 1.807) is 11.3 Å². The third-order valence-corrected chi connectivity index (χ3v) is 2.79. The van der Waals surface area contributed by atoms with Gasteiger partial charge < -0.3 is 10.4 Å². The molecule has 0 saturated carbocycles. The first-order valence-electron chi connectivity index (χ1n) is 4.58. The van der Waals surface area contributed by atoms with Gasteiger partial charge in [-0.25, -0.2) is 14.8 Å². The Balaban J connectivity index is 2.12. The van der Waals surface area contributed by atoms with Gasteiger partial charge in [-0.05, 0) is 11.4 Å². The minimum Gasteiger partial charge on any atom is -0.476 e. The maximum Gasteiger partial charge on any atom is 0.358 e. The topological polar surface area (TPSA) is 75.1 Å². The number of carbonyl (C=O) groups is 1. The van der Waals surface area contributed by atoms with Gasteiger partial charge in [0, 0.05) is 17.3 Å². The molecule has 82 valence electrons. The largest absolute Gasteiger partial charge is 0.476 e. The van der Waals surface area contributed by atoms with Crippen LogP contribution >= 0.6 is 11.3 Å². The highest BCUT2D eigenvalue weighted by molar-refractivity contribution is 7.09. The molecule has 0 amide bonds. The summed E-state index contributed by atoms with van der Waals surface area (Å²) in [6, 6.07) is 3.91. The number of hydrogen-bond donors (Lipinski definition) is 2. The number of hydrogen-bond acceptors (Lipinski definition) is 5. The maximum atomic E-state index is 10.8. The Morgan fingerprint density at radius 2 is 2.25 bits per heavy atom. The van der Waals surface area contributed by atoms with Crippen molar-refractivity contribution >= 4 is 23.1 Å². The lowest BCUT2D eigenvalue weighted by Crippen LogP contribution is -2.09. The average Bonchev–Trinajstić information content (AvgIpc) is 2.79. The van der Waals surface area contributed by atoms with E-state index in [1.165, 1.54) is 12.4 Å². The van der Waals surface area contributed by atoms with Crippen molar-refractivity contribution in [2.24, 2.45) is 0 Å². The number of nitrogens with zero attached hydrogens (tertiary/aromatic N) is 2. The van der Waals surface area contributed by atoms with Crippen molar-refractivity contribution in [2.45, 2.75) is 6.54 Å². The van der Waals surface area contributed by atoms with Crippen molar-refractivity contribution < 1.29 is 9.90 Å². The summed E-state index contributed by atoms with van der Waals surface area (Å²) in [7, 11) is 0. The molecule has 5 nitrogen and oxygen atoms in total. The van der Waals surface area contributed by atoms with Crippen molar-refractivity contribution in [3.63, 3.8) is 0 Å². The van der Waals surface area contributed by atoms with E-state index in [0.717, 1.165) is 4.88 Å². The predicted octanol–water partition coefficient (Wildman–Crippen LogP) is 1.85. The van der Waals surface area contributed by atoms with E-state index in [-0.39, 0.29) is 5.69 Å². The van der Waals surface area contributed by atoms with Crippen LogP contribution in [-0.2, 0) is 6.54 Å². The molecule has 0 radical (unpaired) electrons. The number of rotatable bonds is 4. The summed E-state index contributed by atoms with van der Waals surface area (Å²) in [5.41, 5.74) is -0.0564. The third-order valence-electron chi connectivity index (χ3n) is 1.91. The fourth-order valence-corrected chi connectivity index (χ4v) is 1.85. The Bertz CT molecular complexity index is 485. The Kier molecular flexibility index (Phi) is 3.11. The fraction of sp³-hybridized carbons (Fsp3) is 0.100. The molecule has 0 spiro atoms. The number of thiophene rings is 1. The summed E-state index contributed by atoms with van der Waals surface area (Å²) < 4.78 is 0. The average molecular weight is 235 g/mol. The van der Waals surface area contributed by atoms with Gasteiger partial charge >= 0.3 is 5.97 Å². The van der Waals surface area contributed by atoms with Gasteiger partial charge in [0.05, 0.1) is 6.54 Å². The first-order chi connectivity index (χ1) is 7.77. The van der Waals surface area contributed by atoms with Crippen molar-refractivity contribution in [3.8, 4) is 0 Å². The Morgan fingerprint density at radius 1 is 1.44 bits per heavy atom. The molecule has 0 aliphatic rings. The number of carboxylic acid groups (broad SMARTS) is 1. The molecule has 6 heteroatoms. The molecule has 2 aromatic heterocycles. The minimum atomic E-state index is -1.08. The first kappa shape index (κ1) is 10.6. The Morgan fingerprint density at radius 3 is 2.94 bits per heavy atom. The quantitative estimate of drug-likeness (QED) is 0.845. The van der Waals surface area contributed by atoms with Crippen LogP contribution in [0.2, 0.25) is 0 Å². The summed E-state index contributed by atoms with van der Waals surface area (Å²) in [5.74, 6) is -0.787. The third kappa shape index (κ3) is 2.34. The minimum absolute atomic E-state index is 0.0564. The molecule has 0 aliphatic carbocycles. The maximum absolute atomic E-state index is 10.8. The zero-order chi connectivity index (χ0) is 11.4. The van der Waals surface area contributed by atoms with Crippen LogP contribution in [0, 0.1) is 0 Å². The standard InChI is InChI=1S/C10H9N3O2S/c14-10(15)8-9(12-4-3-11-8)13-6-7-2-1-5-16-7/h1-5H,6H2,(H,12,13)(H,14,15). The van der Waals surface area contributed by atoms with E-state index in [1.807, 2.05) is 17.5 Å². The Labute approximate surface area is 95.8 Å². The van der Waals surface area contributed by atoms with Gasteiger partial charge in [-0.3, -0.25) is 0 Å². The van der Waals surface area contributed by atoms with E-state index in [0.29, 0.717) is 12.4 Å². The second-order valence-electron chi connectivity index (χ2n) is 2.99. The summed E-state index contributed by atoms with van der Waals surface area (Å²) in [6.07, 6.45) is 2.82. The first-order valence-corrected chi connectivity index (χ1v) is 5.46. The van der Waals surface area contributed by atoms with Gasteiger partial charge in [0.25, 0.3) is 0 Å². The van der Waals surface area contributed by atoms with Crippen LogP contribution in [0.25, 0.3) is 0 Å². The van der Waals surface area contributed by atoms with Gasteiger partial charge in [-0.2, -0.15) is 0 Å². The Hall–Kier alpha value is -1.95. The van der Waals surface area contributed by atoms with E-state index in [4.69, 9.17) is 5.11 Å². The zero-order valence-corrected chi connectivity index (χ0v) is 9.07. The van der Waals surface area contributed by atoms with E-state index in [2.05, 4.69) is 15.3 Å². The highest BCUT2D eigenvalue weighted by atomic mass is 32.1. The molecule has 0 aliphatic heterocycles. The van der Waals surface area contributed by atoms with Gasteiger partial charge in [-0.15, -0.1) is 11.3 Å². The molecule has 2 rings (SSSR count). The molecule has 2 aromatic rings. The number of carboxylic acids is 1. The van der Waals surface area contributed by atoms with Gasteiger partial charge in [0.1, 0.15) is 0 Å². The van der Waals surface area contributed by atoms with E-state index >= 15 is 0 Å². The lowest BCUT2D eigenvalue weighted by Gasteiger charge is -2.05. The second-order valence-corrected chi connectivity index (χ2v) is 4.02. The molecule has 2 N–H and O–H groups in total. The molecule has 16 heavy (non-hydrogen) atoms. The van der Waals surface area contributed by atoms with Gasteiger partial charge in [0.15, 0.2) is 11.5 Å². The molecule has 2 heterocycles. The highest BCUT2D eigenvalue weighted by Crippen LogP contribution is 2.13. The smallest absolute Gasteiger partial charge is 0.358 e. The number of aromatic carboxylic acids is 1. The molecular formula is C10H9N3O2S. The summed E-state index contributed by atoms with van der Waals surface area (Å²) in [6.45, 7) is 0.552. The SMILES string of the molecule is O=C(O)c1nccnc1NCc1cccs1. The normalized spacial score (nSPS) is 10.0. The van der Waals surface area contributed by atoms with E-state index in [9.17, 15) is 4.79 Å². The fourth-order valence-electron chi connectivity index (χ4n) is 1.21. The van der Waals surface area contributed by atoms with Crippen molar-refractivity contribution in [3.05, 3.63) is 40.5 Å². The molecule has 0 aromatic carbocycles. The number of anilines is 1. The molecule has 0 unspecified atom stereocenters.